The Morgan fingerprint density at radius 3 is 2.64 bits per heavy atom. The number of carbonyl (C=O) groups is 2. The van der Waals surface area contributed by atoms with Crippen molar-refractivity contribution in [2.75, 3.05) is 31.1 Å². The molecule has 2 heterocycles. The molecule has 0 aromatic heterocycles. The zero-order valence-corrected chi connectivity index (χ0v) is 18.4. The van der Waals surface area contributed by atoms with Crippen molar-refractivity contribution in [2.24, 2.45) is 5.10 Å². The summed E-state index contributed by atoms with van der Waals surface area (Å²) in [7, 11) is 0. The number of piperidine rings is 1. The lowest BCUT2D eigenvalue weighted by atomic mass is 10.0. The molecule has 4 rings (SSSR count). The first-order valence-corrected chi connectivity index (χ1v) is 11.0. The first-order chi connectivity index (χ1) is 15.9. The lowest BCUT2D eigenvalue weighted by Crippen LogP contribution is -2.33. The molecule has 0 radical (unpaired) electrons. The van der Waals surface area contributed by atoms with Crippen molar-refractivity contribution in [2.45, 2.75) is 32.3 Å². The van der Waals surface area contributed by atoms with Crippen LogP contribution in [0.3, 0.4) is 0 Å². The maximum atomic E-state index is 14.9. The topological polar surface area (TPSA) is 74.2 Å². The molecule has 0 spiro atoms. The molecule has 2 aliphatic heterocycles. The second kappa shape index (κ2) is 9.97. The van der Waals surface area contributed by atoms with Crippen LogP contribution < -0.4 is 10.2 Å². The maximum Gasteiger partial charge on any atom is 0.414 e. The maximum absolute atomic E-state index is 14.9. The fraction of sp³-hybridized carbons (Fsp3) is 0.375. The van der Waals surface area contributed by atoms with Gasteiger partial charge in [0.15, 0.2) is 0 Å². The van der Waals surface area contributed by atoms with Crippen LogP contribution in [0.4, 0.5) is 19.3 Å². The van der Waals surface area contributed by atoms with E-state index in [1.165, 1.54) is 42.7 Å². The third-order valence-corrected chi connectivity index (χ3v) is 5.72. The molecule has 1 atom stereocenters. The van der Waals surface area contributed by atoms with Crippen LogP contribution >= 0.6 is 0 Å². The van der Waals surface area contributed by atoms with Gasteiger partial charge in [-0.3, -0.25) is 14.7 Å². The molecular formula is C24H26F2N4O3. The Labute approximate surface area is 191 Å². The Morgan fingerprint density at radius 1 is 1.15 bits per heavy atom. The zero-order valence-electron chi connectivity index (χ0n) is 18.4. The molecule has 174 valence electrons. The predicted molar refractivity (Wildman–Crippen MR) is 121 cm³/mol. The number of carbonyl (C=O) groups excluding carboxylic acids is 2. The van der Waals surface area contributed by atoms with Gasteiger partial charge in [-0.25, -0.2) is 13.6 Å². The van der Waals surface area contributed by atoms with Gasteiger partial charge in [-0.2, -0.15) is 5.10 Å². The summed E-state index contributed by atoms with van der Waals surface area (Å²) in [5, 5.41) is 8.87. The smallest absolute Gasteiger partial charge is 0.414 e. The van der Waals surface area contributed by atoms with Crippen LogP contribution in [0.2, 0.25) is 0 Å². The quantitative estimate of drug-likeness (QED) is 0.669. The molecule has 2 amide bonds. The van der Waals surface area contributed by atoms with E-state index in [1.807, 2.05) is 5.01 Å². The fourth-order valence-electron chi connectivity index (χ4n) is 3.94. The summed E-state index contributed by atoms with van der Waals surface area (Å²) in [4.78, 5) is 24.5. The van der Waals surface area contributed by atoms with Gasteiger partial charge in [0, 0.05) is 31.1 Å². The number of amides is 2. The predicted octanol–water partition coefficient (Wildman–Crippen LogP) is 3.91. The number of halogens is 2. The highest BCUT2D eigenvalue weighted by molar-refractivity contribution is 5.90. The fourth-order valence-corrected chi connectivity index (χ4v) is 3.94. The Balaban J connectivity index is 1.46. The standard InChI is InChI=1S/C24H26F2N4O3/c1-16(31)27-14-20-15-30(24(32)33-20)19-7-8-21(23(26)12-19)17-5-6-18(22(25)11-17)13-28-29-9-3-2-4-10-29/h5-8,11-13,20H,2-4,9-10,14-15H2,1H3,(H,27,31)/b28-13+/t20-/m0/s1. The minimum Gasteiger partial charge on any atom is -0.442 e. The minimum atomic E-state index is -0.610. The van der Waals surface area contributed by atoms with Crippen molar-refractivity contribution in [1.29, 1.82) is 0 Å². The molecule has 0 bridgehead atoms. The number of ether oxygens (including phenoxy) is 1. The molecule has 2 aliphatic rings. The molecule has 2 aromatic rings. The van der Waals surface area contributed by atoms with Crippen molar-refractivity contribution in [3.63, 3.8) is 0 Å². The molecule has 0 saturated carbocycles. The van der Waals surface area contributed by atoms with Crippen LogP contribution in [0, 0.1) is 11.6 Å². The number of nitrogens with one attached hydrogen (secondary N) is 1. The third-order valence-electron chi connectivity index (χ3n) is 5.72. The van der Waals surface area contributed by atoms with E-state index in [0.29, 0.717) is 16.8 Å². The number of hydrogen-bond donors (Lipinski definition) is 1. The van der Waals surface area contributed by atoms with Gasteiger partial charge in [0.1, 0.15) is 17.7 Å². The summed E-state index contributed by atoms with van der Waals surface area (Å²) in [6.07, 6.45) is 3.73. The number of rotatable bonds is 6. The van der Waals surface area contributed by atoms with Gasteiger partial charge in [0.05, 0.1) is 25.0 Å². The summed E-state index contributed by atoms with van der Waals surface area (Å²) in [5.41, 5.74) is 1.28. The first-order valence-electron chi connectivity index (χ1n) is 11.0. The number of hydrazone groups is 1. The van der Waals surface area contributed by atoms with E-state index in [1.54, 1.807) is 18.2 Å². The molecule has 2 fully saturated rings. The molecule has 2 aromatic carbocycles. The molecule has 7 nitrogen and oxygen atoms in total. The Bertz CT molecular complexity index is 1070. The Kier molecular flexibility index (Phi) is 6.86. The molecule has 33 heavy (non-hydrogen) atoms. The van der Waals surface area contributed by atoms with E-state index in [2.05, 4.69) is 10.4 Å². The molecular weight excluding hydrogens is 430 g/mol. The van der Waals surface area contributed by atoms with E-state index >= 15 is 0 Å². The zero-order chi connectivity index (χ0) is 23.4. The van der Waals surface area contributed by atoms with E-state index < -0.39 is 23.8 Å². The van der Waals surface area contributed by atoms with Crippen molar-refractivity contribution in [3.8, 4) is 11.1 Å². The van der Waals surface area contributed by atoms with Crippen LogP contribution in [-0.4, -0.2) is 55.5 Å². The average Bonchev–Trinajstić information content (AvgIpc) is 3.18. The summed E-state index contributed by atoms with van der Waals surface area (Å²) in [5.74, 6) is -1.30. The van der Waals surface area contributed by atoms with Crippen LogP contribution in [0.25, 0.3) is 11.1 Å². The average molecular weight is 456 g/mol. The van der Waals surface area contributed by atoms with Crippen LogP contribution in [0.1, 0.15) is 31.7 Å². The van der Waals surface area contributed by atoms with Crippen molar-refractivity contribution >= 4 is 23.9 Å². The highest BCUT2D eigenvalue weighted by atomic mass is 19.1. The SMILES string of the molecule is CC(=O)NC[C@H]1CN(c2ccc(-c3ccc(/C=N/N4CCCCC4)c(F)c3)c(F)c2)C(=O)O1. The van der Waals surface area contributed by atoms with E-state index in [0.717, 1.165) is 25.9 Å². The highest BCUT2D eigenvalue weighted by Gasteiger charge is 2.32. The summed E-state index contributed by atoms with van der Waals surface area (Å²) in [6, 6.07) is 8.83. The van der Waals surface area contributed by atoms with Gasteiger partial charge in [0.2, 0.25) is 5.91 Å². The number of nitrogens with zero attached hydrogens (tertiary/aromatic N) is 3. The largest absolute Gasteiger partial charge is 0.442 e. The van der Waals surface area contributed by atoms with Crippen LogP contribution in [-0.2, 0) is 9.53 Å². The van der Waals surface area contributed by atoms with Crippen LogP contribution in [0.15, 0.2) is 41.5 Å². The van der Waals surface area contributed by atoms with Crippen LogP contribution in [0.5, 0.6) is 0 Å². The molecule has 0 unspecified atom stereocenters. The highest BCUT2D eigenvalue weighted by Crippen LogP contribution is 2.30. The van der Waals surface area contributed by atoms with E-state index in [-0.39, 0.29) is 24.6 Å². The second-order valence-electron chi connectivity index (χ2n) is 8.21. The lowest BCUT2D eigenvalue weighted by molar-refractivity contribution is -0.119. The monoisotopic (exact) mass is 456 g/mol. The summed E-state index contributed by atoms with van der Waals surface area (Å²) < 4.78 is 34.8. The van der Waals surface area contributed by atoms with Gasteiger partial charge < -0.3 is 10.1 Å². The molecule has 9 heteroatoms. The van der Waals surface area contributed by atoms with E-state index in [4.69, 9.17) is 4.74 Å². The second-order valence-corrected chi connectivity index (χ2v) is 8.21. The molecule has 0 aliphatic carbocycles. The Morgan fingerprint density at radius 2 is 1.94 bits per heavy atom. The summed E-state index contributed by atoms with van der Waals surface area (Å²) in [6.45, 7) is 3.49. The number of benzene rings is 2. The third kappa shape index (κ3) is 5.47. The number of anilines is 1. The van der Waals surface area contributed by atoms with Crippen molar-refractivity contribution in [1.82, 2.24) is 10.3 Å². The van der Waals surface area contributed by atoms with Gasteiger partial charge in [0.25, 0.3) is 0 Å². The lowest BCUT2D eigenvalue weighted by Gasteiger charge is -2.23. The van der Waals surface area contributed by atoms with Gasteiger partial charge in [-0.05, 0) is 55.2 Å². The van der Waals surface area contributed by atoms with Crippen molar-refractivity contribution in [3.05, 3.63) is 53.6 Å². The normalized spacial score (nSPS) is 18.6. The first kappa shape index (κ1) is 22.7. The minimum absolute atomic E-state index is 0.185. The van der Waals surface area contributed by atoms with E-state index in [9.17, 15) is 18.4 Å². The Hall–Kier alpha value is -3.49. The van der Waals surface area contributed by atoms with Gasteiger partial charge in [-0.15, -0.1) is 0 Å². The number of cyclic esters (lactones) is 1. The molecule has 1 N–H and O–H groups in total. The number of hydrogen-bond acceptors (Lipinski definition) is 5. The van der Waals surface area contributed by atoms with Gasteiger partial charge in [-0.1, -0.05) is 6.07 Å². The summed E-state index contributed by atoms with van der Waals surface area (Å²) >= 11 is 0. The van der Waals surface area contributed by atoms with Gasteiger partial charge >= 0.3 is 6.09 Å². The van der Waals surface area contributed by atoms with Crippen molar-refractivity contribution < 1.29 is 23.1 Å². The molecule has 2 saturated heterocycles.